The Hall–Kier alpha value is -2.83. The number of carbonyl (C=O) groups excluding carboxylic acids is 1. The lowest BCUT2D eigenvalue weighted by atomic mass is 10.3. The van der Waals surface area contributed by atoms with Crippen molar-refractivity contribution in [3.05, 3.63) is 47.0 Å². The lowest BCUT2D eigenvalue weighted by Gasteiger charge is -2.09. The van der Waals surface area contributed by atoms with Crippen LogP contribution >= 0.6 is 0 Å². The summed E-state index contributed by atoms with van der Waals surface area (Å²) in [6, 6.07) is 7.13. The van der Waals surface area contributed by atoms with Gasteiger partial charge in [0.1, 0.15) is 5.75 Å². The minimum atomic E-state index is -0.166. The Balaban J connectivity index is 1.98. The first kappa shape index (κ1) is 16.5. The van der Waals surface area contributed by atoms with Crippen molar-refractivity contribution in [3.63, 3.8) is 0 Å². The van der Waals surface area contributed by atoms with Crippen molar-refractivity contribution in [1.82, 2.24) is 14.9 Å². The van der Waals surface area contributed by atoms with Gasteiger partial charge >= 0.3 is 0 Å². The van der Waals surface area contributed by atoms with Crippen LogP contribution in [0.25, 0.3) is 0 Å². The van der Waals surface area contributed by atoms with Gasteiger partial charge in [0, 0.05) is 31.7 Å². The predicted molar refractivity (Wildman–Crippen MR) is 88.1 cm³/mol. The monoisotopic (exact) mass is 316 g/mol. The number of carbonyl (C=O) groups is 1. The average molecular weight is 316 g/mol. The molecule has 1 aromatic heterocycles. The van der Waals surface area contributed by atoms with E-state index in [0.29, 0.717) is 25.3 Å². The summed E-state index contributed by atoms with van der Waals surface area (Å²) in [6.45, 7) is 2.80. The second kappa shape index (κ2) is 7.98. The topological polar surface area (TPSA) is 85.2 Å². The zero-order chi connectivity index (χ0) is 16.7. The Kier molecular flexibility index (Phi) is 5.74. The second-order valence-corrected chi connectivity index (χ2v) is 4.79. The smallest absolute Gasteiger partial charge is 0.293 e. The van der Waals surface area contributed by atoms with Crippen molar-refractivity contribution in [1.29, 1.82) is 0 Å². The number of hydrogen-bond acceptors (Lipinski definition) is 5. The molecule has 0 aliphatic carbocycles. The fourth-order valence-electron chi connectivity index (χ4n) is 1.94. The molecule has 0 bridgehead atoms. The van der Waals surface area contributed by atoms with E-state index < -0.39 is 0 Å². The van der Waals surface area contributed by atoms with Crippen molar-refractivity contribution in [2.24, 2.45) is 0 Å². The van der Waals surface area contributed by atoms with Crippen LogP contribution < -0.4 is 20.9 Å². The summed E-state index contributed by atoms with van der Waals surface area (Å²) in [4.78, 5) is 27.2. The zero-order valence-corrected chi connectivity index (χ0v) is 13.2. The number of rotatable bonds is 7. The van der Waals surface area contributed by atoms with Gasteiger partial charge in [0.25, 0.3) is 5.56 Å². The van der Waals surface area contributed by atoms with Crippen LogP contribution in [0.4, 0.5) is 11.5 Å². The Morgan fingerprint density at radius 2 is 2.04 bits per heavy atom. The number of amides is 1. The van der Waals surface area contributed by atoms with Gasteiger partial charge in [0.05, 0.1) is 13.0 Å². The van der Waals surface area contributed by atoms with Gasteiger partial charge in [-0.15, -0.1) is 0 Å². The first-order valence-electron chi connectivity index (χ1n) is 7.40. The van der Waals surface area contributed by atoms with E-state index in [1.54, 1.807) is 48.3 Å². The summed E-state index contributed by atoms with van der Waals surface area (Å²) in [5.74, 6) is 0.875. The molecule has 0 unspecified atom stereocenters. The minimum absolute atomic E-state index is 0.0642. The first-order chi connectivity index (χ1) is 11.1. The third-order valence-corrected chi connectivity index (χ3v) is 3.25. The number of nitrogens with one attached hydrogen (secondary N) is 2. The third kappa shape index (κ3) is 4.57. The molecule has 0 spiro atoms. The third-order valence-electron chi connectivity index (χ3n) is 3.25. The molecular weight excluding hydrogens is 296 g/mol. The van der Waals surface area contributed by atoms with Crippen molar-refractivity contribution in [2.45, 2.75) is 19.9 Å². The summed E-state index contributed by atoms with van der Waals surface area (Å²) in [7, 11) is 1.59. The Labute approximate surface area is 134 Å². The SMILES string of the molecule is CCn1ccnc(Nc2ccc(OCCC(=O)NC)cc2)c1=O. The molecule has 0 radical (unpaired) electrons. The van der Waals surface area contributed by atoms with E-state index in [4.69, 9.17) is 4.74 Å². The van der Waals surface area contributed by atoms with Gasteiger partial charge < -0.3 is 19.9 Å². The van der Waals surface area contributed by atoms with E-state index in [-0.39, 0.29) is 17.3 Å². The largest absolute Gasteiger partial charge is 0.493 e. The average Bonchev–Trinajstić information content (AvgIpc) is 2.58. The van der Waals surface area contributed by atoms with Crippen LogP contribution in [0, 0.1) is 0 Å². The predicted octanol–water partition coefficient (Wildman–Crippen LogP) is 1.52. The lowest BCUT2D eigenvalue weighted by Crippen LogP contribution is -2.22. The van der Waals surface area contributed by atoms with E-state index in [9.17, 15) is 9.59 Å². The normalized spacial score (nSPS) is 10.2. The highest BCUT2D eigenvalue weighted by Crippen LogP contribution is 2.17. The van der Waals surface area contributed by atoms with Gasteiger partial charge in [-0.25, -0.2) is 4.98 Å². The molecule has 0 aliphatic rings. The summed E-state index contributed by atoms with van der Waals surface area (Å²) in [5.41, 5.74) is 0.572. The van der Waals surface area contributed by atoms with E-state index in [0.717, 1.165) is 5.69 Å². The molecule has 2 rings (SSSR count). The van der Waals surface area contributed by atoms with Crippen LogP contribution in [0.2, 0.25) is 0 Å². The number of aryl methyl sites for hydroxylation is 1. The van der Waals surface area contributed by atoms with Gasteiger partial charge in [-0.3, -0.25) is 9.59 Å². The van der Waals surface area contributed by atoms with Crippen molar-refractivity contribution >= 4 is 17.4 Å². The highest BCUT2D eigenvalue weighted by molar-refractivity contribution is 5.75. The van der Waals surface area contributed by atoms with Crippen LogP contribution in [0.5, 0.6) is 5.75 Å². The fraction of sp³-hybridized carbons (Fsp3) is 0.312. The molecule has 122 valence electrons. The molecule has 0 atom stereocenters. The van der Waals surface area contributed by atoms with Crippen molar-refractivity contribution < 1.29 is 9.53 Å². The first-order valence-corrected chi connectivity index (χ1v) is 7.40. The Morgan fingerprint density at radius 3 is 2.70 bits per heavy atom. The van der Waals surface area contributed by atoms with Crippen LogP contribution in [0.3, 0.4) is 0 Å². The van der Waals surface area contributed by atoms with Gasteiger partial charge in [-0.05, 0) is 31.2 Å². The molecule has 2 aromatic rings. The molecule has 1 amide bonds. The second-order valence-electron chi connectivity index (χ2n) is 4.79. The quantitative estimate of drug-likeness (QED) is 0.809. The maximum atomic E-state index is 12.1. The van der Waals surface area contributed by atoms with E-state index >= 15 is 0 Å². The Morgan fingerprint density at radius 1 is 1.30 bits per heavy atom. The maximum absolute atomic E-state index is 12.1. The number of benzene rings is 1. The number of nitrogens with zero attached hydrogens (tertiary/aromatic N) is 2. The van der Waals surface area contributed by atoms with Gasteiger partial charge in [-0.2, -0.15) is 0 Å². The molecular formula is C16H20N4O3. The van der Waals surface area contributed by atoms with Gasteiger partial charge in [0.15, 0.2) is 5.82 Å². The molecule has 2 N–H and O–H groups in total. The van der Waals surface area contributed by atoms with Gasteiger partial charge in [0.2, 0.25) is 5.91 Å². The van der Waals surface area contributed by atoms with Crippen LogP contribution in [0.15, 0.2) is 41.5 Å². The maximum Gasteiger partial charge on any atom is 0.293 e. The summed E-state index contributed by atoms with van der Waals surface area (Å²) in [6.07, 6.45) is 3.54. The molecule has 0 saturated heterocycles. The molecule has 1 aromatic carbocycles. The lowest BCUT2D eigenvalue weighted by molar-refractivity contribution is -0.121. The summed E-state index contributed by atoms with van der Waals surface area (Å²) >= 11 is 0. The van der Waals surface area contributed by atoms with Crippen LogP contribution in [0.1, 0.15) is 13.3 Å². The number of aromatic nitrogens is 2. The molecule has 23 heavy (non-hydrogen) atoms. The number of hydrogen-bond donors (Lipinski definition) is 2. The fourth-order valence-corrected chi connectivity index (χ4v) is 1.94. The van der Waals surface area contributed by atoms with Crippen LogP contribution in [-0.4, -0.2) is 29.1 Å². The zero-order valence-electron chi connectivity index (χ0n) is 13.2. The highest BCUT2D eigenvalue weighted by atomic mass is 16.5. The summed E-state index contributed by atoms with van der Waals surface area (Å²) < 4.78 is 7.05. The standard InChI is InChI=1S/C16H20N4O3/c1-3-20-10-9-18-15(16(20)22)19-12-4-6-13(7-5-12)23-11-8-14(21)17-2/h4-7,9-10H,3,8,11H2,1-2H3,(H,17,21)(H,18,19). The minimum Gasteiger partial charge on any atom is -0.493 e. The number of anilines is 2. The molecule has 7 heteroatoms. The molecule has 1 heterocycles. The molecule has 0 fully saturated rings. The van der Waals surface area contributed by atoms with Gasteiger partial charge in [-0.1, -0.05) is 0 Å². The van der Waals surface area contributed by atoms with E-state index in [1.165, 1.54) is 0 Å². The number of ether oxygens (including phenoxy) is 1. The van der Waals surface area contributed by atoms with Crippen LogP contribution in [-0.2, 0) is 11.3 Å². The summed E-state index contributed by atoms with van der Waals surface area (Å²) in [5, 5.41) is 5.53. The molecule has 0 saturated carbocycles. The highest BCUT2D eigenvalue weighted by Gasteiger charge is 2.04. The molecule has 7 nitrogen and oxygen atoms in total. The molecule has 0 aliphatic heterocycles. The Bertz CT molecular complexity index is 710. The van der Waals surface area contributed by atoms with Crippen molar-refractivity contribution in [3.8, 4) is 5.75 Å². The van der Waals surface area contributed by atoms with E-state index in [2.05, 4.69) is 15.6 Å². The van der Waals surface area contributed by atoms with E-state index in [1.807, 2.05) is 6.92 Å². The van der Waals surface area contributed by atoms with Crippen molar-refractivity contribution in [2.75, 3.05) is 19.0 Å².